The second-order valence-electron chi connectivity index (χ2n) is 7.67. The molecule has 2 nitrogen and oxygen atoms in total. The largest absolute Gasteiger partial charge is 0.384 e. The molecule has 3 aromatic rings. The molecule has 1 N–H and O–H groups in total. The third-order valence-electron chi connectivity index (χ3n) is 5.52. The van der Waals surface area contributed by atoms with Gasteiger partial charge >= 0.3 is 0 Å². The molecule has 3 aromatic carbocycles. The van der Waals surface area contributed by atoms with Gasteiger partial charge in [-0.15, -0.1) is 0 Å². The number of rotatable bonds is 6. The highest BCUT2D eigenvalue weighted by atomic mass is 35.5. The van der Waals surface area contributed by atoms with Crippen molar-refractivity contribution in [1.82, 2.24) is 4.90 Å². The molecule has 0 bridgehead atoms. The van der Waals surface area contributed by atoms with Gasteiger partial charge in [-0.05, 0) is 52.5 Å². The van der Waals surface area contributed by atoms with E-state index in [1.165, 1.54) is 5.56 Å². The van der Waals surface area contributed by atoms with E-state index in [1.807, 2.05) is 48.5 Å². The molecule has 0 radical (unpaired) electrons. The molecule has 3 heteroatoms. The summed E-state index contributed by atoms with van der Waals surface area (Å²) in [6, 6.07) is 28.4. The van der Waals surface area contributed by atoms with E-state index >= 15 is 0 Å². The van der Waals surface area contributed by atoms with Crippen molar-refractivity contribution >= 4 is 23.3 Å². The van der Waals surface area contributed by atoms with Crippen molar-refractivity contribution in [2.75, 3.05) is 13.1 Å². The Labute approximate surface area is 183 Å². The summed E-state index contributed by atoms with van der Waals surface area (Å²) < 4.78 is 0. The van der Waals surface area contributed by atoms with E-state index in [2.05, 4.69) is 53.5 Å². The Morgan fingerprint density at radius 2 is 1.60 bits per heavy atom. The Morgan fingerprint density at radius 3 is 2.23 bits per heavy atom. The molecule has 0 fully saturated rings. The quantitative estimate of drug-likeness (QED) is 0.390. The molecule has 1 aliphatic heterocycles. The van der Waals surface area contributed by atoms with Crippen LogP contribution >= 0.6 is 11.6 Å². The fourth-order valence-corrected chi connectivity index (χ4v) is 3.98. The van der Waals surface area contributed by atoms with Crippen LogP contribution in [0.3, 0.4) is 0 Å². The van der Waals surface area contributed by atoms with Crippen molar-refractivity contribution in [3.05, 3.63) is 118 Å². The number of nitrogens with zero attached hydrogens (tertiary/aromatic N) is 1. The third kappa shape index (κ3) is 5.28. The van der Waals surface area contributed by atoms with Gasteiger partial charge in [0.15, 0.2) is 0 Å². The van der Waals surface area contributed by atoms with Gasteiger partial charge in [0.05, 0.1) is 0 Å². The van der Waals surface area contributed by atoms with E-state index in [9.17, 15) is 5.11 Å². The van der Waals surface area contributed by atoms with Crippen LogP contribution in [0.1, 0.15) is 23.1 Å². The van der Waals surface area contributed by atoms with E-state index in [0.29, 0.717) is 5.02 Å². The molecule has 4 rings (SSSR count). The summed E-state index contributed by atoms with van der Waals surface area (Å²) in [6.45, 7) is 2.73. The van der Waals surface area contributed by atoms with Gasteiger partial charge in [0.25, 0.3) is 0 Å². The first-order valence-electron chi connectivity index (χ1n) is 10.3. The van der Waals surface area contributed by atoms with Crippen LogP contribution in [0, 0.1) is 0 Å². The van der Waals surface area contributed by atoms with Gasteiger partial charge in [-0.1, -0.05) is 90.5 Å². The molecule has 0 saturated carbocycles. The molecule has 30 heavy (non-hydrogen) atoms. The molecule has 1 heterocycles. The lowest BCUT2D eigenvalue weighted by Gasteiger charge is -2.29. The SMILES string of the molecule is OC(C1=CCN(Cc2ccccc2)CC1)/C(=C/c1ccc(Cl)cc1)c1ccccc1. The minimum atomic E-state index is -0.623. The lowest BCUT2D eigenvalue weighted by Crippen LogP contribution is -2.31. The second kappa shape index (κ2) is 9.90. The highest BCUT2D eigenvalue weighted by Crippen LogP contribution is 2.29. The van der Waals surface area contributed by atoms with Crippen LogP contribution in [0.5, 0.6) is 0 Å². The smallest absolute Gasteiger partial charge is 0.101 e. The van der Waals surface area contributed by atoms with E-state index in [1.54, 1.807) is 0 Å². The minimum Gasteiger partial charge on any atom is -0.384 e. The van der Waals surface area contributed by atoms with Crippen LogP contribution < -0.4 is 0 Å². The van der Waals surface area contributed by atoms with E-state index in [4.69, 9.17) is 11.6 Å². The zero-order valence-electron chi connectivity index (χ0n) is 16.9. The fraction of sp³-hybridized carbons (Fsp3) is 0.185. The van der Waals surface area contributed by atoms with E-state index < -0.39 is 6.10 Å². The first-order valence-corrected chi connectivity index (χ1v) is 10.7. The first-order chi connectivity index (χ1) is 14.7. The lowest BCUT2D eigenvalue weighted by atomic mass is 9.90. The molecule has 0 spiro atoms. The van der Waals surface area contributed by atoms with Gasteiger partial charge < -0.3 is 5.11 Å². The van der Waals surface area contributed by atoms with Gasteiger partial charge in [-0.25, -0.2) is 0 Å². The normalized spacial score (nSPS) is 16.2. The van der Waals surface area contributed by atoms with Crippen molar-refractivity contribution in [2.45, 2.75) is 19.1 Å². The van der Waals surface area contributed by atoms with Crippen LogP contribution in [-0.2, 0) is 6.54 Å². The van der Waals surface area contributed by atoms with Gasteiger partial charge in [0, 0.05) is 24.7 Å². The predicted octanol–water partition coefficient (Wildman–Crippen LogP) is 6.07. The maximum absolute atomic E-state index is 11.3. The lowest BCUT2D eigenvalue weighted by molar-refractivity contribution is 0.235. The predicted molar refractivity (Wildman–Crippen MR) is 126 cm³/mol. The van der Waals surface area contributed by atoms with E-state index in [-0.39, 0.29) is 0 Å². The number of benzene rings is 3. The van der Waals surface area contributed by atoms with Crippen LogP contribution in [0.2, 0.25) is 5.02 Å². The van der Waals surface area contributed by atoms with Gasteiger partial charge in [-0.3, -0.25) is 4.90 Å². The molecule has 1 aliphatic rings. The standard InChI is InChI=1S/C27H26ClNO/c28-25-13-11-21(12-14-25)19-26(23-9-5-2-6-10-23)27(30)24-15-17-29(18-16-24)20-22-7-3-1-4-8-22/h1-15,19,27,30H,16-18,20H2/b26-19+. The molecule has 0 aliphatic carbocycles. The van der Waals surface area contributed by atoms with E-state index in [0.717, 1.165) is 48.3 Å². The number of halogens is 1. The Kier molecular flexibility index (Phi) is 6.81. The molecule has 152 valence electrons. The molecule has 1 unspecified atom stereocenters. The Bertz CT molecular complexity index is 1010. The second-order valence-corrected chi connectivity index (χ2v) is 8.11. The maximum atomic E-state index is 11.3. The molecular formula is C27H26ClNO. The summed E-state index contributed by atoms with van der Waals surface area (Å²) >= 11 is 6.04. The van der Waals surface area contributed by atoms with Crippen molar-refractivity contribution in [1.29, 1.82) is 0 Å². The number of hydrogen-bond donors (Lipinski definition) is 1. The summed E-state index contributed by atoms with van der Waals surface area (Å²) in [5.41, 5.74) is 5.39. The number of aliphatic hydroxyl groups is 1. The maximum Gasteiger partial charge on any atom is 0.101 e. The average molecular weight is 416 g/mol. The Hall–Kier alpha value is -2.65. The van der Waals surface area contributed by atoms with Crippen LogP contribution in [0.4, 0.5) is 0 Å². The molecule has 0 saturated heterocycles. The molecule has 1 atom stereocenters. The minimum absolute atomic E-state index is 0.623. The van der Waals surface area contributed by atoms with Crippen molar-refractivity contribution in [3.63, 3.8) is 0 Å². The van der Waals surface area contributed by atoms with Gasteiger partial charge in [0.1, 0.15) is 6.10 Å². The van der Waals surface area contributed by atoms with Gasteiger partial charge in [0.2, 0.25) is 0 Å². The van der Waals surface area contributed by atoms with Crippen LogP contribution in [0.25, 0.3) is 11.6 Å². The zero-order chi connectivity index (χ0) is 20.8. The summed E-state index contributed by atoms with van der Waals surface area (Å²) in [4.78, 5) is 2.41. The first kappa shape index (κ1) is 20.6. The Morgan fingerprint density at radius 1 is 0.933 bits per heavy atom. The average Bonchev–Trinajstić information content (AvgIpc) is 2.80. The highest BCUT2D eigenvalue weighted by Gasteiger charge is 2.21. The molecular weight excluding hydrogens is 390 g/mol. The van der Waals surface area contributed by atoms with Crippen molar-refractivity contribution in [3.8, 4) is 0 Å². The molecule has 0 aromatic heterocycles. The van der Waals surface area contributed by atoms with Crippen LogP contribution in [0.15, 0.2) is 96.6 Å². The molecule has 0 amide bonds. The van der Waals surface area contributed by atoms with Crippen LogP contribution in [-0.4, -0.2) is 29.2 Å². The van der Waals surface area contributed by atoms with Crippen molar-refractivity contribution in [2.24, 2.45) is 0 Å². The summed E-state index contributed by atoms with van der Waals surface area (Å²) in [7, 11) is 0. The fourth-order valence-electron chi connectivity index (χ4n) is 3.85. The topological polar surface area (TPSA) is 23.5 Å². The summed E-state index contributed by atoms with van der Waals surface area (Å²) in [5, 5.41) is 12.0. The highest BCUT2D eigenvalue weighted by molar-refractivity contribution is 6.30. The van der Waals surface area contributed by atoms with Gasteiger partial charge in [-0.2, -0.15) is 0 Å². The summed E-state index contributed by atoms with van der Waals surface area (Å²) in [5.74, 6) is 0. The Balaban J connectivity index is 1.55. The van der Waals surface area contributed by atoms with Crippen molar-refractivity contribution < 1.29 is 5.11 Å². The summed E-state index contributed by atoms with van der Waals surface area (Å²) in [6.07, 6.45) is 4.49. The third-order valence-corrected chi connectivity index (χ3v) is 5.77. The monoisotopic (exact) mass is 415 g/mol. The number of aliphatic hydroxyl groups excluding tert-OH is 1. The number of hydrogen-bond acceptors (Lipinski definition) is 2. The zero-order valence-corrected chi connectivity index (χ0v) is 17.7.